The zero-order valence-corrected chi connectivity index (χ0v) is 15.9. The topological polar surface area (TPSA) is 113 Å². The highest BCUT2D eigenvalue weighted by Gasteiger charge is 2.45. The van der Waals surface area contributed by atoms with Crippen LogP contribution in [0.25, 0.3) is 10.4 Å². The fraction of sp³-hybridized carbons (Fsp3) is 0.389. The monoisotopic (exact) mass is 392 g/mol. The minimum Gasteiger partial charge on any atom is -0.382 e. The summed E-state index contributed by atoms with van der Waals surface area (Å²) in [6.07, 6.45) is 0.230. The van der Waals surface area contributed by atoms with Gasteiger partial charge >= 0.3 is 0 Å². The van der Waals surface area contributed by atoms with Crippen molar-refractivity contribution in [3.8, 4) is 16.5 Å². The van der Waals surface area contributed by atoms with Gasteiger partial charge in [-0.15, -0.1) is 11.3 Å². The third-order valence-corrected chi connectivity index (χ3v) is 7.23. The van der Waals surface area contributed by atoms with E-state index in [0.29, 0.717) is 10.4 Å². The molecule has 2 heterocycles. The Bertz CT molecular complexity index is 931. The van der Waals surface area contributed by atoms with E-state index in [1.165, 1.54) is 11.3 Å². The smallest absolute Gasteiger partial charge is 0.211 e. The highest BCUT2D eigenvalue weighted by molar-refractivity contribution is 7.89. The first-order chi connectivity index (χ1) is 12.2. The number of aliphatic hydroxyl groups is 1. The van der Waals surface area contributed by atoms with Crippen molar-refractivity contribution in [2.24, 2.45) is 11.1 Å². The van der Waals surface area contributed by atoms with Gasteiger partial charge in [-0.25, -0.2) is 13.6 Å². The molecule has 1 aliphatic heterocycles. The number of primary sulfonamides is 1. The number of thiophene rings is 1. The number of ether oxygens (including phenoxy) is 1. The van der Waals surface area contributed by atoms with Crippen molar-refractivity contribution in [1.82, 2.24) is 0 Å². The molecule has 8 heteroatoms. The maximum Gasteiger partial charge on any atom is 0.211 e. The number of hydrogen-bond acceptors (Lipinski definition) is 6. The second-order valence-electron chi connectivity index (χ2n) is 6.62. The Kier molecular flexibility index (Phi) is 5.19. The third-order valence-electron chi connectivity index (χ3n) is 4.88. The number of hydrogen-bond donors (Lipinski definition) is 2. The molecular weight excluding hydrogens is 372 g/mol. The molecule has 1 aliphatic rings. The fourth-order valence-corrected chi connectivity index (χ4v) is 4.51. The Balaban J connectivity index is 1.83. The molecule has 0 amide bonds. The van der Waals surface area contributed by atoms with Gasteiger partial charge in [0, 0.05) is 10.8 Å². The first-order valence-corrected chi connectivity index (χ1v) is 10.6. The Morgan fingerprint density at radius 3 is 2.65 bits per heavy atom. The van der Waals surface area contributed by atoms with Crippen LogP contribution in [0.3, 0.4) is 0 Å². The molecular formula is C18H20N2O4S2. The second kappa shape index (κ2) is 7.10. The molecule has 1 saturated heterocycles. The standard InChI is InChI=1S/C18H20N2O4S2/c1-12(26(20,22)23)8-15-10-24-11-18(15,21)14-4-2-13(3-5-14)17-7-6-16(9-19)25-17/h2-7,12,15,21H,8,10-11H2,1H3,(H2,20,22,23)/t12?,15-,18+/m0/s1. The molecule has 2 aromatic rings. The van der Waals surface area contributed by atoms with Crippen LogP contribution in [0.1, 0.15) is 23.8 Å². The molecule has 0 radical (unpaired) electrons. The zero-order chi connectivity index (χ0) is 18.9. The SMILES string of the molecule is CC(C[C@H]1COC[C@@]1(O)c1ccc(-c2ccc(C#N)s2)cc1)S(N)(=O)=O. The van der Waals surface area contributed by atoms with Gasteiger partial charge in [0.05, 0.1) is 18.5 Å². The van der Waals surface area contributed by atoms with E-state index >= 15 is 0 Å². The first-order valence-electron chi connectivity index (χ1n) is 8.16. The minimum absolute atomic E-state index is 0.117. The van der Waals surface area contributed by atoms with E-state index in [1.807, 2.05) is 30.3 Å². The van der Waals surface area contributed by atoms with Gasteiger partial charge in [0.15, 0.2) is 0 Å². The third kappa shape index (κ3) is 3.68. The summed E-state index contributed by atoms with van der Waals surface area (Å²) in [6, 6.07) is 13.2. The number of nitrogens with two attached hydrogens (primary N) is 1. The Morgan fingerprint density at radius 2 is 2.08 bits per heavy atom. The Morgan fingerprint density at radius 1 is 1.38 bits per heavy atom. The lowest BCUT2D eigenvalue weighted by atomic mass is 9.81. The maximum absolute atomic E-state index is 11.5. The summed E-state index contributed by atoms with van der Waals surface area (Å²) < 4.78 is 28.5. The van der Waals surface area contributed by atoms with Gasteiger partial charge in [-0.1, -0.05) is 24.3 Å². The van der Waals surface area contributed by atoms with Crippen molar-refractivity contribution >= 4 is 21.4 Å². The van der Waals surface area contributed by atoms with Crippen molar-refractivity contribution in [2.45, 2.75) is 24.2 Å². The summed E-state index contributed by atoms with van der Waals surface area (Å²) >= 11 is 1.41. The van der Waals surface area contributed by atoms with Gasteiger partial charge in [0.2, 0.25) is 10.0 Å². The summed E-state index contributed by atoms with van der Waals surface area (Å²) in [7, 11) is -3.66. The van der Waals surface area contributed by atoms with E-state index < -0.39 is 20.9 Å². The average molecular weight is 393 g/mol. The molecule has 3 atom stereocenters. The normalized spacial score (nSPS) is 24.3. The van der Waals surface area contributed by atoms with Crippen molar-refractivity contribution < 1.29 is 18.3 Å². The van der Waals surface area contributed by atoms with Crippen molar-refractivity contribution in [2.75, 3.05) is 13.2 Å². The fourth-order valence-electron chi connectivity index (χ4n) is 3.21. The van der Waals surface area contributed by atoms with Gasteiger partial charge in [-0.05, 0) is 36.6 Å². The maximum atomic E-state index is 11.5. The molecule has 26 heavy (non-hydrogen) atoms. The van der Waals surface area contributed by atoms with Crippen molar-refractivity contribution in [3.63, 3.8) is 0 Å². The molecule has 0 saturated carbocycles. The van der Waals surface area contributed by atoms with Crippen LogP contribution in [-0.2, 0) is 20.4 Å². The van der Waals surface area contributed by atoms with Crippen LogP contribution in [-0.4, -0.2) is 32.0 Å². The second-order valence-corrected chi connectivity index (χ2v) is 9.69. The van der Waals surface area contributed by atoms with Gasteiger partial charge in [0.1, 0.15) is 16.5 Å². The molecule has 1 fully saturated rings. The van der Waals surface area contributed by atoms with E-state index in [2.05, 4.69) is 6.07 Å². The zero-order valence-electron chi connectivity index (χ0n) is 14.3. The van der Waals surface area contributed by atoms with E-state index in [4.69, 9.17) is 15.1 Å². The Hall–Kier alpha value is -1.76. The summed E-state index contributed by atoms with van der Waals surface area (Å²) in [4.78, 5) is 1.62. The number of nitrogens with zero attached hydrogens (tertiary/aromatic N) is 1. The van der Waals surface area contributed by atoms with E-state index in [1.54, 1.807) is 13.0 Å². The largest absolute Gasteiger partial charge is 0.382 e. The summed E-state index contributed by atoms with van der Waals surface area (Å²) in [6.45, 7) is 1.95. The Labute approximate surface area is 156 Å². The summed E-state index contributed by atoms with van der Waals surface area (Å²) in [5.41, 5.74) is 0.393. The van der Waals surface area contributed by atoms with Gasteiger partial charge < -0.3 is 9.84 Å². The minimum atomic E-state index is -3.66. The predicted molar refractivity (Wildman–Crippen MR) is 99.9 cm³/mol. The molecule has 1 aromatic carbocycles. The molecule has 6 nitrogen and oxygen atoms in total. The van der Waals surface area contributed by atoms with Crippen LogP contribution in [0.5, 0.6) is 0 Å². The van der Waals surface area contributed by atoms with Gasteiger partial charge in [0.25, 0.3) is 0 Å². The number of sulfonamides is 1. The molecule has 1 unspecified atom stereocenters. The molecule has 0 bridgehead atoms. The summed E-state index contributed by atoms with van der Waals surface area (Å²) in [5.74, 6) is -0.353. The lowest BCUT2D eigenvalue weighted by Crippen LogP contribution is -2.38. The quantitative estimate of drug-likeness (QED) is 0.810. The van der Waals surface area contributed by atoms with Crippen molar-refractivity contribution in [1.29, 1.82) is 5.26 Å². The van der Waals surface area contributed by atoms with Crippen molar-refractivity contribution in [3.05, 3.63) is 46.8 Å². The highest BCUT2D eigenvalue weighted by Crippen LogP contribution is 2.39. The van der Waals surface area contributed by atoms with E-state index in [9.17, 15) is 13.5 Å². The van der Waals surface area contributed by atoms with Crippen LogP contribution >= 0.6 is 11.3 Å². The number of benzene rings is 1. The lowest BCUT2D eigenvalue weighted by molar-refractivity contribution is -0.00577. The van der Waals surface area contributed by atoms with Gasteiger partial charge in [-0.3, -0.25) is 0 Å². The van der Waals surface area contributed by atoms with Crippen LogP contribution < -0.4 is 5.14 Å². The molecule has 0 spiro atoms. The molecule has 0 aliphatic carbocycles. The predicted octanol–water partition coefficient (Wildman–Crippen LogP) is 2.19. The molecule has 3 N–H and O–H groups in total. The number of rotatable bonds is 5. The van der Waals surface area contributed by atoms with E-state index in [-0.39, 0.29) is 25.6 Å². The van der Waals surface area contributed by atoms with Crippen LogP contribution in [0.15, 0.2) is 36.4 Å². The lowest BCUT2D eigenvalue weighted by Gasteiger charge is -2.30. The first kappa shape index (κ1) is 19.0. The molecule has 1 aromatic heterocycles. The van der Waals surface area contributed by atoms with Crippen LogP contribution in [0.2, 0.25) is 0 Å². The van der Waals surface area contributed by atoms with Crippen LogP contribution in [0, 0.1) is 17.2 Å². The molecule has 3 rings (SSSR count). The number of nitriles is 1. The van der Waals surface area contributed by atoms with Gasteiger partial charge in [-0.2, -0.15) is 5.26 Å². The molecule has 138 valence electrons. The van der Waals surface area contributed by atoms with Crippen LogP contribution in [0.4, 0.5) is 0 Å². The van der Waals surface area contributed by atoms with E-state index in [0.717, 1.165) is 10.4 Å². The highest BCUT2D eigenvalue weighted by atomic mass is 32.2. The average Bonchev–Trinajstić information content (AvgIpc) is 3.22. The summed E-state index contributed by atoms with van der Waals surface area (Å²) in [5, 5.41) is 24.5.